The summed E-state index contributed by atoms with van der Waals surface area (Å²) in [5.74, 6) is 1.38. The summed E-state index contributed by atoms with van der Waals surface area (Å²) in [6.45, 7) is 7.21. The summed E-state index contributed by atoms with van der Waals surface area (Å²) in [6.07, 6.45) is 3.50. The maximum Gasteiger partial charge on any atom is 0.410 e. The van der Waals surface area contributed by atoms with Gasteiger partial charge in [-0.2, -0.15) is 9.97 Å². The molecule has 4 aromatic carbocycles. The normalized spacial score (nSPS) is 16.8. The molecular formula is C45H44FN7O4. The molecule has 57 heavy (non-hydrogen) atoms. The van der Waals surface area contributed by atoms with Crippen molar-refractivity contribution in [2.24, 2.45) is 7.05 Å². The highest BCUT2D eigenvalue weighted by Gasteiger charge is 2.45. The van der Waals surface area contributed by atoms with Crippen LogP contribution in [-0.4, -0.2) is 72.9 Å². The Balaban J connectivity index is 1.09. The highest BCUT2D eigenvalue weighted by atomic mass is 19.1. The second kappa shape index (κ2) is 14.6. The highest BCUT2D eigenvalue weighted by molar-refractivity contribution is 6.00. The molecule has 2 bridgehead atoms. The van der Waals surface area contributed by atoms with E-state index in [0.29, 0.717) is 48.6 Å². The second-order valence-electron chi connectivity index (χ2n) is 15.8. The maximum atomic E-state index is 17.3. The lowest BCUT2D eigenvalue weighted by Crippen LogP contribution is -2.57. The van der Waals surface area contributed by atoms with Crippen molar-refractivity contribution in [2.75, 3.05) is 24.6 Å². The SMILES string of the molecule is Cn1c(CCOc2nc(N3C[C@H]4CC[C@@H](C3)N4C(=O)OC(C)(C)C)c3cnc(-c4cc(OCc5ccccc5)cc5ccccc45)c(F)c3n2)nc2ccccc21. The van der Waals surface area contributed by atoms with Crippen molar-refractivity contribution < 1.29 is 23.4 Å². The molecule has 2 fully saturated rings. The average Bonchev–Trinajstić information content (AvgIpc) is 3.67. The lowest BCUT2D eigenvalue weighted by atomic mass is 10.00. The van der Waals surface area contributed by atoms with Crippen LogP contribution in [0.3, 0.4) is 0 Å². The molecule has 0 radical (unpaired) electrons. The van der Waals surface area contributed by atoms with Gasteiger partial charge in [0.05, 0.1) is 35.1 Å². The summed E-state index contributed by atoms with van der Waals surface area (Å²) in [6, 6.07) is 29.4. The minimum Gasteiger partial charge on any atom is -0.489 e. The number of imidazole rings is 1. The van der Waals surface area contributed by atoms with Crippen LogP contribution in [0.1, 0.15) is 45.0 Å². The molecule has 0 aliphatic carbocycles. The molecule has 1 amide bonds. The number of carbonyl (C=O) groups is 1. The molecule has 5 heterocycles. The fourth-order valence-corrected chi connectivity index (χ4v) is 8.16. The molecule has 0 spiro atoms. The molecule has 290 valence electrons. The van der Waals surface area contributed by atoms with Gasteiger partial charge in [0.1, 0.15) is 40.8 Å². The van der Waals surface area contributed by atoms with Crippen LogP contribution in [0.15, 0.2) is 97.2 Å². The molecular weight excluding hydrogens is 722 g/mol. The molecule has 2 aliphatic heterocycles. The molecule has 7 aromatic rings. The third-order valence-corrected chi connectivity index (χ3v) is 10.8. The van der Waals surface area contributed by atoms with Gasteiger partial charge in [-0.25, -0.2) is 14.2 Å². The summed E-state index contributed by atoms with van der Waals surface area (Å²) >= 11 is 0. The Morgan fingerprint density at radius 1 is 0.860 bits per heavy atom. The van der Waals surface area contributed by atoms with Gasteiger partial charge in [0.25, 0.3) is 0 Å². The van der Waals surface area contributed by atoms with Crippen molar-refractivity contribution in [1.29, 1.82) is 0 Å². The number of hydrogen-bond donors (Lipinski definition) is 0. The van der Waals surface area contributed by atoms with Crippen LogP contribution >= 0.6 is 0 Å². The molecule has 0 N–H and O–H groups in total. The summed E-state index contributed by atoms with van der Waals surface area (Å²) in [5.41, 5.74) is 3.19. The van der Waals surface area contributed by atoms with Gasteiger partial charge >= 0.3 is 12.1 Å². The molecule has 2 aliphatic rings. The first kappa shape index (κ1) is 36.3. The van der Waals surface area contributed by atoms with E-state index in [1.54, 1.807) is 6.20 Å². The minimum atomic E-state index is -0.607. The van der Waals surface area contributed by atoms with E-state index in [1.807, 2.05) is 128 Å². The monoisotopic (exact) mass is 765 g/mol. The second-order valence-corrected chi connectivity index (χ2v) is 15.8. The van der Waals surface area contributed by atoms with Crippen LogP contribution in [0.4, 0.5) is 15.0 Å². The number of piperazine rings is 1. The summed E-state index contributed by atoms with van der Waals surface area (Å²) in [7, 11) is 1.98. The van der Waals surface area contributed by atoms with Crippen LogP contribution in [0.25, 0.3) is 44.0 Å². The Morgan fingerprint density at radius 2 is 1.60 bits per heavy atom. The molecule has 11 nitrogen and oxygen atoms in total. The van der Waals surface area contributed by atoms with Crippen LogP contribution in [0, 0.1) is 5.82 Å². The van der Waals surface area contributed by atoms with Gasteiger partial charge in [-0.3, -0.25) is 9.88 Å². The Morgan fingerprint density at radius 3 is 2.37 bits per heavy atom. The summed E-state index contributed by atoms with van der Waals surface area (Å²) < 4.78 is 37.6. The molecule has 3 aromatic heterocycles. The number of halogens is 1. The molecule has 0 saturated carbocycles. The first-order valence-corrected chi connectivity index (χ1v) is 19.4. The number of rotatable bonds is 9. The Kier molecular flexibility index (Phi) is 9.34. The number of anilines is 1. The van der Waals surface area contributed by atoms with Crippen molar-refractivity contribution in [3.05, 3.63) is 114 Å². The molecule has 9 rings (SSSR count). The van der Waals surface area contributed by atoms with Crippen molar-refractivity contribution in [2.45, 2.75) is 64.3 Å². The van der Waals surface area contributed by atoms with Gasteiger partial charge in [-0.05, 0) is 74.2 Å². The third kappa shape index (κ3) is 7.16. The van der Waals surface area contributed by atoms with Crippen molar-refractivity contribution in [3.8, 4) is 23.0 Å². The van der Waals surface area contributed by atoms with E-state index in [1.165, 1.54) is 0 Å². The van der Waals surface area contributed by atoms with E-state index >= 15 is 4.39 Å². The first-order valence-electron chi connectivity index (χ1n) is 19.4. The predicted octanol–water partition coefficient (Wildman–Crippen LogP) is 8.66. The van der Waals surface area contributed by atoms with Crippen molar-refractivity contribution >= 4 is 44.6 Å². The van der Waals surface area contributed by atoms with Gasteiger partial charge in [0, 0.05) is 38.3 Å². The zero-order valence-electron chi connectivity index (χ0n) is 32.5. The lowest BCUT2D eigenvalue weighted by Gasteiger charge is -2.42. The molecule has 0 unspecified atom stereocenters. The zero-order chi connectivity index (χ0) is 39.3. The minimum absolute atomic E-state index is 0.0547. The largest absolute Gasteiger partial charge is 0.489 e. The van der Waals surface area contributed by atoms with Gasteiger partial charge in [-0.1, -0.05) is 66.7 Å². The first-order chi connectivity index (χ1) is 27.6. The van der Waals surface area contributed by atoms with E-state index in [0.717, 1.165) is 46.0 Å². The third-order valence-electron chi connectivity index (χ3n) is 10.8. The van der Waals surface area contributed by atoms with Crippen LogP contribution < -0.4 is 14.4 Å². The lowest BCUT2D eigenvalue weighted by molar-refractivity contribution is 0.0122. The zero-order valence-corrected chi connectivity index (χ0v) is 32.5. The Labute approximate surface area is 330 Å². The number of amides is 1. The van der Waals surface area contributed by atoms with E-state index in [4.69, 9.17) is 34.1 Å². The number of ether oxygens (including phenoxy) is 3. The quantitative estimate of drug-likeness (QED) is 0.143. The number of hydrogen-bond acceptors (Lipinski definition) is 9. The fraction of sp³-hybridized carbons (Fsp3) is 0.311. The number of pyridine rings is 1. The molecule has 2 saturated heterocycles. The van der Waals surface area contributed by atoms with Crippen LogP contribution in [-0.2, 0) is 24.8 Å². The molecule has 2 atom stereocenters. The number of fused-ring (bicyclic) bond motifs is 5. The van der Waals surface area contributed by atoms with E-state index in [9.17, 15) is 4.79 Å². The van der Waals surface area contributed by atoms with Crippen molar-refractivity contribution in [3.63, 3.8) is 0 Å². The van der Waals surface area contributed by atoms with Crippen molar-refractivity contribution in [1.82, 2.24) is 29.4 Å². The van der Waals surface area contributed by atoms with E-state index < -0.39 is 11.4 Å². The smallest absolute Gasteiger partial charge is 0.410 e. The number of nitrogens with zero attached hydrogens (tertiary/aromatic N) is 7. The number of aromatic nitrogens is 5. The Hall–Kier alpha value is -6.30. The van der Waals surface area contributed by atoms with Gasteiger partial charge in [0.15, 0.2) is 5.82 Å². The Bertz CT molecular complexity index is 2610. The van der Waals surface area contributed by atoms with Crippen LogP contribution in [0.2, 0.25) is 0 Å². The topological polar surface area (TPSA) is 108 Å². The van der Waals surface area contributed by atoms with Gasteiger partial charge in [0.2, 0.25) is 0 Å². The number of carbonyl (C=O) groups excluding carboxylic acids is 1. The van der Waals surface area contributed by atoms with Gasteiger partial charge < -0.3 is 23.7 Å². The predicted molar refractivity (Wildman–Crippen MR) is 218 cm³/mol. The van der Waals surface area contributed by atoms with Crippen LogP contribution in [0.5, 0.6) is 11.8 Å². The number of para-hydroxylation sites is 2. The number of benzene rings is 4. The van der Waals surface area contributed by atoms with Gasteiger partial charge in [-0.15, -0.1) is 0 Å². The highest BCUT2D eigenvalue weighted by Crippen LogP contribution is 2.40. The fourth-order valence-electron chi connectivity index (χ4n) is 8.16. The standard InChI is InChI=1S/C45H44FN7O4/c1-45(2,3)57-44(54)53-30-18-19-31(53)26-52(25-30)42-35-24-47-40(34-23-32(22-29-14-8-9-15-33(29)34)56-27-28-12-6-5-7-13-28)39(46)41(35)49-43(50-42)55-21-20-38-48-36-16-10-11-17-37(36)51(38)4/h5-17,22-24,30-31H,18-21,25-27H2,1-4H3/t30-,31+. The average molecular weight is 766 g/mol. The number of aryl methyl sites for hydroxylation is 1. The molecule has 12 heteroatoms. The summed E-state index contributed by atoms with van der Waals surface area (Å²) in [4.78, 5) is 36.5. The van der Waals surface area contributed by atoms with E-state index in [-0.39, 0.29) is 42.0 Å². The maximum absolute atomic E-state index is 17.3. The summed E-state index contributed by atoms with van der Waals surface area (Å²) in [5, 5.41) is 2.19. The van der Waals surface area contributed by atoms with E-state index in [2.05, 4.69) is 4.90 Å².